The Morgan fingerprint density at radius 3 is 2.53 bits per heavy atom. The van der Waals surface area contributed by atoms with Gasteiger partial charge in [-0.15, -0.1) is 0 Å². The molecular formula is C12H24NO3Si. The molecule has 0 saturated carbocycles. The van der Waals surface area contributed by atoms with Crippen LogP contribution in [0.25, 0.3) is 0 Å². The van der Waals surface area contributed by atoms with Crippen LogP contribution in [0.15, 0.2) is 0 Å². The van der Waals surface area contributed by atoms with E-state index in [4.69, 9.17) is 4.74 Å². The summed E-state index contributed by atoms with van der Waals surface area (Å²) in [5.74, 6) is -0.129. The Kier molecular flexibility index (Phi) is 8.76. The Bertz CT molecular complexity index is 226. The number of unbranched alkanes of at least 4 members (excludes halogenated alkanes) is 1. The van der Waals surface area contributed by atoms with Crippen LogP contribution in [-0.2, 0) is 14.3 Å². The largest absolute Gasteiger partial charge is 0.466 e. The van der Waals surface area contributed by atoms with Gasteiger partial charge < -0.3 is 10.1 Å². The normalized spacial score (nSPS) is 11.0. The zero-order valence-electron chi connectivity index (χ0n) is 11.2. The molecule has 1 N–H and O–H groups in total. The van der Waals surface area contributed by atoms with Gasteiger partial charge in [0, 0.05) is 21.0 Å². The summed E-state index contributed by atoms with van der Waals surface area (Å²) in [4.78, 5) is 21.1. The third-order valence-corrected chi connectivity index (χ3v) is 4.19. The Morgan fingerprint density at radius 1 is 1.24 bits per heavy atom. The van der Waals surface area contributed by atoms with Crippen molar-refractivity contribution < 1.29 is 14.3 Å². The molecule has 0 heterocycles. The van der Waals surface area contributed by atoms with Gasteiger partial charge in [0.05, 0.1) is 6.61 Å². The summed E-state index contributed by atoms with van der Waals surface area (Å²) in [6.45, 7) is 8.06. The van der Waals surface area contributed by atoms with Gasteiger partial charge in [-0.2, -0.15) is 0 Å². The maximum Gasteiger partial charge on any atom is 0.309 e. The van der Waals surface area contributed by atoms with Gasteiger partial charge in [-0.25, -0.2) is 0 Å². The molecule has 0 aromatic rings. The molecule has 0 aliphatic heterocycles. The molecular weight excluding hydrogens is 234 g/mol. The van der Waals surface area contributed by atoms with Crippen LogP contribution in [-0.4, -0.2) is 33.6 Å². The number of nitrogens with one attached hydrogen (secondary N) is 1. The lowest BCUT2D eigenvalue weighted by Gasteiger charge is -2.15. The first-order chi connectivity index (χ1) is 7.95. The van der Waals surface area contributed by atoms with Crippen molar-refractivity contribution in [2.75, 3.05) is 13.2 Å². The molecule has 0 aliphatic rings. The van der Waals surface area contributed by atoms with Gasteiger partial charge >= 0.3 is 12.4 Å². The molecule has 1 amide bonds. The van der Waals surface area contributed by atoms with Crippen LogP contribution in [0.3, 0.4) is 0 Å². The third-order valence-electron chi connectivity index (χ3n) is 2.34. The maximum atomic E-state index is 11.3. The average molecular weight is 258 g/mol. The first-order valence-corrected chi connectivity index (χ1v) is 9.92. The second kappa shape index (κ2) is 9.21. The van der Waals surface area contributed by atoms with Crippen LogP contribution in [0.4, 0.5) is 0 Å². The SMILES string of the molecule is C[Si](C)(C)CCCOC(=O)CCCCN[C]=O. The van der Waals surface area contributed by atoms with E-state index in [2.05, 4.69) is 25.0 Å². The predicted molar refractivity (Wildman–Crippen MR) is 71.3 cm³/mol. The quantitative estimate of drug-likeness (QED) is 0.282. The highest BCUT2D eigenvalue weighted by atomic mass is 28.3. The van der Waals surface area contributed by atoms with E-state index in [1.165, 1.54) is 6.04 Å². The smallest absolute Gasteiger partial charge is 0.309 e. The van der Waals surface area contributed by atoms with Crippen LogP contribution in [0, 0.1) is 0 Å². The van der Waals surface area contributed by atoms with Crippen LogP contribution in [0.2, 0.25) is 25.7 Å². The molecule has 5 heteroatoms. The van der Waals surface area contributed by atoms with Crippen molar-refractivity contribution in [3.63, 3.8) is 0 Å². The van der Waals surface area contributed by atoms with Crippen molar-refractivity contribution in [3.05, 3.63) is 0 Å². The summed E-state index contributed by atoms with van der Waals surface area (Å²) in [7, 11) is -1.01. The molecule has 0 aliphatic carbocycles. The minimum atomic E-state index is -1.01. The second-order valence-electron chi connectivity index (χ2n) is 5.37. The van der Waals surface area contributed by atoms with E-state index in [9.17, 15) is 9.59 Å². The summed E-state index contributed by atoms with van der Waals surface area (Å²) >= 11 is 0. The molecule has 0 bridgehead atoms. The zero-order valence-corrected chi connectivity index (χ0v) is 12.2. The van der Waals surface area contributed by atoms with Crippen molar-refractivity contribution in [2.24, 2.45) is 0 Å². The van der Waals surface area contributed by atoms with E-state index in [1.54, 1.807) is 6.41 Å². The molecule has 1 radical (unpaired) electrons. The van der Waals surface area contributed by atoms with E-state index in [1.807, 2.05) is 0 Å². The number of carbonyl (C=O) groups excluding carboxylic acids is 2. The van der Waals surface area contributed by atoms with Crippen molar-refractivity contribution in [1.82, 2.24) is 5.32 Å². The van der Waals surface area contributed by atoms with Crippen LogP contribution in [0.1, 0.15) is 25.7 Å². The van der Waals surface area contributed by atoms with Crippen LogP contribution in [0.5, 0.6) is 0 Å². The molecule has 4 nitrogen and oxygen atoms in total. The second-order valence-corrected chi connectivity index (χ2v) is 11.0. The fourth-order valence-electron chi connectivity index (χ4n) is 1.39. The monoisotopic (exact) mass is 258 g/mol. The number of esters is 1. The molecule has 0 rings (SSSR count). The highest BCUT2D eigenvalue weighted by Crippen LogP contribution is 2.11. The minimum absolute atomic E-state index is 0.129. The highest BCUT2D eigenvalue weighted by molar-refractivity contribution is 6.76. The van der Waals surface area contributed by atoms with Gasteiger partial charge in [-0.05, 0) is 19.3 Å². The Balaban J connectivity index is 3.32. The summed E-state index contributed by atoms with van der Waals surface area (Å²) in [6.07, 6.45) is 4.56. The Hall–Kier alpha value is -0.843. The Labute approximate surface area is 105 Å². The highest BCUT2D eigenvalue weighted by Gasteiger charge is 2.12. The number of hydrogen-bond donors (Lipinski definition) is 1. The van der Waals surface area contributed by atoms with Gasteiger partial charge in [-0.1, -0.05) is 25.7 Å². The average Bonchev–Trinajstić information content (AvgIpc) is 2.23. The minimum Gasteiger partial charge on any atom is -0.466 e. The molecule has 0 aromatic heterocycles. The number of rotatable bonds is 10. The van der Waals surface area contributed by atoms with Crippen molar-refractivity contribution in [3.8, 4) is 0 Å². The number of ether oxygens (including phenoxy) is 1. The summed E-state index contributed by atoms with van der Waals surface area (Å²) < 4.78 is 5.13. The van der Waals surface area contributed by atoms with Gasteiger partial charge in [0.2, 0.25) is 0 Å². The van der Waals surface area contributed by atoms with Crippen molar-refractivity contribution in [1.29, 1.82) is 0 Å². The molecule has 0 saturated heterocycles. The van der Waals surface area contributed by atoms with Crippen molar-refractivity contribution >= 4 is 20.5 Å². The molecule has 0 atom stereocenters. The Morgan fingerprint density at radius 2 is 1.94 bits per heavy atom. The lowest BCUT2D eigenvalue weighted by atomic mass is 10.2. The first-order valence-electron chi connectivity index (χ1n) is 6.21. The predicted octanol–water partition coefficient (Wildman–Crippen LogP) is 2.08. The fourth-order valence-corrected chi connectivity index (χ4v) is 2.60. The summed E-state index contributed by atoms with van der Waals surface area (Å²) in [6, 6.07) is 1.19. The van der Waals surface area contributed by atoms with Crippen LogP contribution < -0.4 is 5.32 Å². The van der Waals surface area contributed by atoms with Gasteiger partial charge in [-0.3, -0.25) is 9.59 Å². The number of hydrogen-bond acceptors (Lipinski definition) is 3. The molecule has 0 aromatic carbocycles. The molecule has 0 fully saturated rings. The zero-order chi connectivity index (χ0) is 13.1. The lowest BCUT2D eigenvalue weighted by Crippen LogP contribution is -2.20. The topological polar surface area (TPSA) is 55.4 Å². The van der Waals surface area contributed by atoms with Gasteiger partial charge in [0.15, 0.2) is 0 Å². The number of amides is 1. The standard InChI is InChI=1S/C12H24NO3Si/c1-17(2,3)10-6-9-16-12(15)7-4-5-8-13-11-14/h4-10H2,1-3H3,(H,13,14). The van der Waals surface area contributed by atoms with Gasteiger partial charge in [0.1, 0.15) is 0 Å². The molecule has 17 heavy (non-hydrogen) atoms. The van der Waals surface area contributed by atoms with Crippen LogP contribution >= 0.6 is 0 Å². The maximum absolute atomic E-state index is 11.3. The van der Waals surface area contributed by atoms with E-state index in [-0.39, 0.29) is 5.97 Å². The van der Waals surface area contributed by atoms with E-state index in [0.29, 0.717) is 19.6 Å². The molecule has 99 valence electrons. The van der Waals surface area contributed by atoms with E-state index >= 15 is 0 Å². The fraction of sp³-hybridized carbons (Fsp3) is 0.833. The summed E-state index contributed by atoms with van der Waals surface area (Å²) in [5, 5.41) is 2.44. The first kappa shape index (κ1) is 16.2. The van der Waals surface area contributed by atoms with E-state index in [0.717, 1.165) is 19.3 Å². The molecule has 0 spiro atoms. The summed E-state index contributed by atoms with van der Waals surface area (Å²) in [5.41, 5.74) is 0. The molecule has 0 unspecified atom stereocenters. The van der Waals surface area contributed by atoms with E-state index < -0.39 is 8.07 Å². The lowest BCUT2D eigenvalue weighted by molar-refractivity contribution is -0.143. The van der Waals surface area contributed by atoms with Crippen molar-refractivity contribution in [2.45, 2.75) is 51.4 Å². The van der Waals surface area contributed by atoms with Gasteiger partial charge in [0.25, 0.3) is 0 Å². The number of carbonyl (C=O) groups is 1. The third kappa shape index (κ3) is 13.1.